The molecule has 0 bridgehead atoms. The van der Waals surface area contributed by atoms with E-state index >= 15 is 0 Å². The number of ketones is 3. The maximum Gasteiger partial charge on any atom is 0.203 e. The van der Waals surface area contributed by atoms with Crippen molar-refractivity contribution in [3.63, 3.8) is 0 Å². The molecule has 0 radical (unpaired) electrons. The van der Waals surface area contributed by atoms with Crippen LogP contribution in [0.25, 0.3) is 11.3 Å². The molecular formula is C31H34O7. The molecule has 1 aromatic rings. The topological polar surface area (TPSA) is 132 Å². The number of hydrogen-bond acceptors (Lipinski definition) is 7. The number of carbonyl (C=O) groups excluding carboxylic acids is 3. The average molecular weight is 519 g/mol. The molecule has 7 nitrogen and oxygen atoms in total. The summed E-state index contributed by atoms with van der Waals surface area (Å²) in [5, 5.41) is 45.7. The molecule has 1 fully saturated rings. The predicted octanol–water partition coefficient (Wildman–Crippen LogP) is 4.92. The lowest BCUT2D eigenvalue weighted by atomic mass is 9.43. The first-order chi connectivity index (χ1) is 17.6. The maximum absolute atomic E-state index is 14.3. The summed E-state index contributed by atoms with van der Waals surface area (Å²) in [5.74, 6) is -5.17. The fourth-order valence-electron chi connectivity index (χ4n) is 7.87. The molecule has 4 aliphatic carbocycles. The Morgan fingerprint density at radius 3 is 2.32 bits per heavy atom. The van der Waals surface area contributed by atoms with Crippen molar-refractivity contribution < 1.29 is 34.8 Å². The van der Waals surface area contributed by atoms with Gasteiger partial charge in [0, 0.05) is 22.3 Å². The lowest BCUT2D eigenvalue weighted by Crippen LogP contribution is -2.69. The number of fused-ring (bicyclic) bond motifs is 3. The molecule has 4 aliphatic rings. The second kappa shape index (κ2) is 8.03. The molecule has 0 spiro atoms. The van der Waals surface area contributed by atoms with Crippen LogP contribution in [0.4, 0.5) is 0 Å². The number of benzene rings is 1. The molecule has 38 heavy (non-hydrogen) atoms. The number of rotatable bonds is 3. The van der Waals surface area contributed by atoms with Crippen LogP contribution in [0, 0.1) is 22.7 Å². The molecule has 1 saturated carbocycles. The molecule has 200 valence electrons. The predicted molar refractivity (Wildman–Crippen MR) is 142 cm³/mol. The minimum absolute atomic E-state index is 0.0797. The van der Waals surface area contributed by atoms with Crippen LogP contribution >= 0.6 is 0 Å². The first-order valence-corrected chi connectivity index (χ1v) is 13.0. The zero-order valence-corrected chi connectivity index (χ0v) is 22.6. The van der Waals surface area contributed by atoms with E-state index in [1.807, 2.05) is 19.9 Å². The lowest BCUT2D eigenvalue weighted by Gasteiger charge is -2.59. The van der Waals surface area contributed by atoms with Crippen molar-refractivity contribution in [2.24, 2.45) is 22.7 Å². The van der Waals surface area contributed by atoms with Crippen molar-refractivity contribution in [2.75, 3.05) is 0 Å². The zero-order valence-electron chi connectivity index (χ0n) is 22.6. The SMILES string of the molecule is CC(=O)C1=C(O)[C@]2(O)C(=O)C3=C(O)c4c(O)ccc(C5=CC(C)=CC5)c4C[C@]3(C)C[C@]2(C)C(C(C)C)C1=O. The van der Waals surface area contributed by atoms with Crippen molar-refractivity contribution in [3.05, 3.63) is 63.5 Å². The maximum atomic E-state index is 14.3. The van der Waals surface area contributed by atoms with E-state index in [0.717, 1.165) is 23.6 Å². The number of aliphatic hydroxyl groups is 3. The van der Waals surface area contributed by atoms with E-state index in [-0.39, 0.29) is 35.6 Å². The summed E-state index contributed by atoms with van der Waals surface area (Å²) in [6.07, 6.45) is 5.19. The number of hydrogen-bond donors (Lipinski definition) is 4. The van der Waals surface area contributed by atoms with Crippen molar-refractivity contribution in [2.45, 2.75) is 66.4 Å². The summed E-state index contributed by atoms with van der Waals surface area (Å²) in [5.41, 5.74) is -1.95. The molecule has 0 aromatic heterocycles. The van der Waals surface area contributed by atoms with Gasteiger partial charge in [0.15, 0.2) is 17.2 Å². The van der Waals surface area contributed by atoms with Gasteiger partial charge in [-0.2, -0.15) is 0 Å². The zero-order chi connectivity index (χ0) is 28.1. The molecule has 4 N–H and O–H groups in total. The Balaban J connectivity index is 1.81. The van der Waals surface area contributed by atoms with Crippen LogP contribution in [-0.2, 0) is 20.8 Å². The minimum Gasteiger partial charge on any atom is -0.508 e. The van der Waals surface area contributed by atoms with Crippen molar-refractivity contribution in [1.82, 2.24) is 0 Å². The molecule has 7 heteroatoms. The third kappa shape index (κ3) is 3.08. The van der Waals surface area contributed by atoms with Gasteiger partial charge in [-0.3, -0.25) is 14.4 Å². The average Bonchev–Trinajstić information content (AvgIpc) is 3.21. The summed E-state index contributed by atoms with van der Waals surface area (Å²) in [4.78, 5) is 40.4. The number of phenolic OH excluding ortho intramolecular Hbond substituents is 1. The summed E-state index contributed by atoms with van der Waals surface area (Å²) in [7, 11) is 0. The molecule has 1 unspecified atom stereocenters. The van der Waals surface area contributed by atoms with Crippen LogP contribution in [0.1, 0.15) is 71.1 Å². The van der Waals surface area contributed by atoms with Crippen LogP contribution in [0.2, 0.25) is 0 Å². The second-order valence-electron chi connectivity index (χ2n) is 12.3. The van der Waals surface area contributed by atoms with E-state index in [1.54, 1.807) is 20.8 Å². The Morgan fingerprint density at radius 1 is 1.11 bits per heavy atom. The Labute approximate surface area is 221 Å². The standard InChI is InChI=1S/C31H34O7/c1-14(2)23-25(34)21(16(4)32)27(36)31(38)28(37)24-26(35)22-19(12-29(24,5)13-30(23,31)6)18(9-10-20(22)33)17-8-7-15(3)11-17/h7,9-11,14,23,33,35-36,38H,8,12-13H2,1-6H3/t23?,29-,30-,31+/m1/s1. The summed E-state index contributed by atoms with van der Waals surface area (Å²) in [6, 6.07) is 3.29. The molecule has 0 aliphatic heterocycles. The van der Waals surface area contributed by atoms with Crippen molar-refractivity contribution in [1.29, 1.82) is 0 Å². The first kappa shape index (κ1) is 26.2. The van der Waals surface area contributed by atoms with Gasteiger partial charge in [-0.05, 0) is 61.8 Å². The highest BCUT2D eigenvalue weighted by Gasteiger charge is 2.72. The highest BCUT2D eigenvalue weighted by molar-refractivity contribution is 6.24. The summed E-state index contributed by atoms with van der Waals surface area (Å²) in [6.45, 7) is 10.1. The molecule has 4 atom stereocenters. The molecule has 0 heterocycles. The van der Waals surface area contributed by atoms with Gasteiger partial charge in [-0.15, -0.1) is 0 Å². The number of carbonyl (C=O) groups is 3. The van der Waals surface area contributed by atoms with Gasteiger partial charge in [0.2, 0.25) is 5.78 Å². The van der Waals surface area contributed by atoms with Crippen LogP contribution < -0.4 is 0 Å². The van der Waals surface area contributed by atoms with E-state index in [2.05, 4.69) is 12.2 Å². The van der Waals surface area contributed by atoms with E-state index in [1.165, 1.54) is 6.07 Å². The third-order valence-corrected chi connectivity index (χ3v) is 9.28. The van der Waals surface area contributed by atoms with Gasteiger partial charge in [0.1, 0.15) is 22.8 Å². The monoisotopic (exact) mass is 518 g/mol. The van der Waals surface area contributed by atoms with Gasteiger partial charge in [0.25, 0.3) is 0 Å². The van der Waals surface area contributed by atoms with Crippen LogP contribution in [0.3, 0.4) is 0 Å². The fraction of sp³-hybridized carbons (Fsp3) is 0.452. The Bertz CT molecular complexity index is 1470. The normalized spacial score (nSPS) is 32.7. The summed E-state index contributed by atoms with van der Waals surface area (Å²) >= 11 is 0. The molecular weight excluding hydrogens is 484 g/mol. The van der Waals surface area contributed by atoms with E-state index in [4.69, 9.17) is 0 Å². The number of phenols is 1. The largest absolute Gasteiger partial charge is 0.508 e. The second-order valence-corrected chi connectivity index (χ2v) is 12.3. The highest BCUT2D eigenvalue weighted by atomic mass is 16.3. The highest BCUT2D eigenvalue weighted by Crippen LogP contribution is 2.65. The molecule has 0 amide bonds. The molecule has 5 rings (SSSR count). The van der Waals surface area contributed by atoms with E-state index < -0.39 is 56.8 Å². The minimum atomic E-state index is -2.60. The van der Waals surface area contributed by atoms with Crippen molar-refractivity contribution >= 4 is 28.7 Å². The van der Waals surface area contributed by atoms with Crippen LogP contribution in [-0.4, -0.2) is 43.4 Å². The number of aliphatic hydroxyl groups excluding tert-OH is 2. The van der Waals surface area contributed by atoms with E-state index in [9.17, 15) is 34.8 Å². The van der Waals surface area contributed by atoms with Gasteiger partial charge in [-0.25, -0.2) is 0 Å². The number of aromatic hydroxyl groups is 1. The van der Waals surface area contributed by atoms with Gasteiger partial charge >= 0.3 is 0 Å². The third-order valence-electron chi connectivity index (χ3n) is 9.28. The number of allylic oxidation sites excluding steroid dienone is 5. The van der Waals surface area contributed by atoms with Crippen molar-refractivity contribution in [3.8, 4) is 5.75 Å². The first-order valence-electron chi connectivity index (χ1n) is 13.0. The smallest absolute Gasteiger partial charge is 0.203 e. The van der Waals surface area contributed by atoms with Gasteiger partial charge in [0.05, 0.1) is 5.56 Å². The van der Waals surface area contributed by atoms with E-state index in [0.29, 0.717) is 12.0 Å². The lowest BCUT2D eigenvalue weighted by molar-refractivity contribution is -0.178. The number of Topliss-reactive ketones (excluding diaryl/α,β-unsaturated/α-hetero) is 3. The Morgan fingerprint density at radius 2 is 1.76 bits per heavy atom. The molecule has 0 saturated heterocycles. The quantitative estimate of drug-likeness (QED) is 0.418. The molecule has 1 aromatic carbocycles. The van der Waals surface area contributed by atoms with Gasteiger partial charge < -0.3 is 20.4 Å². The van der Waals surface area contributed by atoms with Crippen LogP contribution in [0.15, 0.2) is 46.8 Å². The van der Waals surface area contributed by atoms with Crippen LogP contribution in [0.5, 0.6) is 5.75 Å². The Kier molecular flexibility index (Phi) is 5.53. The summed E-state index contributed by atoms with van der Waals surface area (Å²) < 4.78 is 0. The fourth-order valence-corrected chi connectivity index (χ4v) is 7.87. The van der Waals surface area contributed by atoms with Gasteiger partial charge in [-0.1, -0.05) is 51.5 Å². The Hall–Kier alpha value is -3.45.